The third-order valence-electron chi connectivity index (χ3n) is 1.82. The van der Waals surface area contributed by atoms with Crippen molar-refractivity contribution >= 4 is 11.9 Å². The Morgan fingerprint density at radius 3 is 2.06 bits per heavy atom. The van der Waals surface area contributed by atoms with Crippen molar-refractivity contribution in [3.8, 4) is 0 Å². The van der Waals surface area contributed by atoms with Gasteiger partial charge in [0.25, 0.3) is 5.91 Å². The van der Waals surface area contributed by atoms with Gasteiger partial charge in [0.1, 0.15) is 0 Å². The zero-order chi connectivity index (χ0) is 13.4. The van der Waals surface area contributed by atoms with E-state index in [1.165, 1.54) is 12.1 Å². The molecule has 0 radical (unpaired) electrons. The topological polar surface area (TPSA) is 66.4 Å². The molecule has 96 valence electrons. The summed E-state index contributed by atoms with van der Waals surface area (Å²) >= 11 is 0. The lowest BCUT2D eigenvalue weighted by molar-refractivity contribution is 0.0690. The maximum absolute atomic E-state index is 11.6. The van der Waals surface area contributed by atoms with E-state index in [-0.39, 0.29) is 24.5 Å². The Labute approximate surface area is 103 Å². The third kappa shape index (κ3) is 4.68. The van der Waals surface area contributed by atoms with Gasteiger partial charge in [-0.3, -0.25) is 4.79 Å². The van der Waals surface area contributed by atoms with Crippen molar-refractivity contribution < 1.29 is 16.1 Å². The van der Waals surface area contributed by atoms with E-state index in [1.54, 1.807) is 12.1 Å². The highest BCUT2D eigenvalue weighted by Crippen LogP contribution is 2.08. The van der Waals surface area contributed by atoms with Crippen LogP contribution in [0.5, 0.6) is 0 Å². The molecule has 0 aliphatic carbocycles. The minimum absolute atomic E-state index is 0. The summed E-state index contributed by atoms with van der Waals surface area (Å²) in [4.78, 5) is 22.4. The number of aromatic carboxylic acids is 1. The van der Waals surface area contributed by atoms with E-state index in [1.807, 2.05) is 27.7 Å². The van der Waals surface area contributed by atoms with Crippen LogP contribution in [0.2, 0.25) is 0 Å². The molecule has 0 saturated heterocycles. The van der Waals surface area contributed by atoms with Gasteiger partial charge < -0.3 is 10.4 Å². The van der Waals surface area contributed by atoms with Gasteiger partial charge in [-0.2, -0.15) is 0 Å². The zero-order valence-electron chi connectivity index (χ0n) is 10.7. The number of carboxylic acids is 1. The highest BCUT2D eigenvalue weighted by molar-refractivity contribution is 6.04. The van der Waals surface area contributed by atoms with E-state index < -0.39 is 5.97 Å². The predicted molar refractivity (Wildman–Crippen MR) is 69.5 cm³/mol. The SMILES string of the molecule is CC.CC(C)NC(=O)c1ccccc1C(=O)O.[HH]. The smallest absolute Gasteiger partial charge is 0.336 e. The molecule has 0 fully saturated rings. The maximum Gasteiger partial charge on any atom is 0.336 e. The molecule has 17 heavy (non-hydrogen) atoms. The molecular weight excluding hydrogens is 218 g/mol. The van der Waals surface area contributed by atoms with Crippen LogP contribution in [-0.2, 0) is 0 Å². The minimum atomic E-state index is -1.09. The molecule has 0 saturated carbocycles. The van der Waals surface area contributed by atoms with Crippen LogP contribution in [-0.4, -0.2) is 23.0 Å². The summed E-state index contributed by atoms with van der Waals surface area (Å²) in [6.45, 7) is 7.64. The average molecular weight is 239 g/mol. The highest BCUT2D eigenvalue weighted by atomic mass is 16.4. The number of hydrogen-bond donors (Lipinski definition) is 2. The summed E-state index contributed by atoms with van der Waals surface area (Å²) in [6, 6.07) is 6.13. The van der Waals surface area contributed by atoms with Gasteiger partial charge in [0.2, 0.25) is 0 Å². The molecule has 0 bridgehead atoms. The fourth-order valence-corrected chi connectivity index (χ4v) is 1.21. The number of nitrogens with one attached hydrogen (secondary N) is 1. The number of carboxylic acid groups (broad SMARTS) is 1. The molecule has 4 heteroatoms. The second kappa shape index (κ2) is 7.44. The lowest BCUT2D eigenvalue weighted by Crippen LogP contribution is -2.31. The quantitative estimate of drug-likeness (QED) is 0.852. The molecule has 1 aromatic carbocycles. The Morgan fingerprint density at radius 2 is 1.65 bits per heavy atom. The van der Waals surface area contributed by atoms with Gasteiger partial charge in [-0.25, -0.2) is 4.79 Å². The van der Waals surface area contributed by atoms with Crippen LogP contribution in [0.25, 0.3) is 0 Å². The second-order valence-electron chi connectivity index (χ2n) is 3.48. The molecule has 2 N–H and O–H groups in total. The lowest BCUT2D eigenvalue weighted by atomic mass is 10.1. The third-order valence-corrected chi connectivity index (χ3v) is 1.82. The molecule has 0 aliphatic heterocycles. The monoisotopic (exact) mass is 239 g/mol. The van der Waals surface area contributed by atoms with Crippen molar-refractivity contribution in [3.05, 3.63) is 35.4 Å². The van der Waals surface area contributed by atoms with Crippen molar-refractivity contribution in [1.82, 2.24) is 5.32 Å². The number of benzene rings is 1. The lowest BCUT2D eigenvalue weighted by Gasteiger charge is -2.09. The van der Waals surface area contributed by atoms with Gasteiger partial charge in [0, 0.05) is 7.47 Å². The molecule has 1 aromatic rings. The molecule has 0 aliphatic rings. The standard InChI is InChI=1S/C11H13NO3.C2H6.H2/c1-7(2)12-10(13)8-5-3-4-6-9(8)11(14)15;1-2;/h3-7H,1-2H3,(H,12,13)(H,14,15);1-2H3;1H. The zero-order valence-corrected chi connectivity index (χ0v) is 10.7. The number of carbonyl (C=O) groups excluding carboxylic acids is 1. The molecular formula is C13H21NO3. The van der Waals surface area contributed by atoms with E-state index in [0.29, 0.717) is 0 Å². The van der Waals surface area contributed by atoms with Crippen molar-refractivity contribution in [1.29, 1.82) is 0 Å². The fourth-order valence-electron chi connectivity index (χ4n) is 1.21. The molecule has 0 aromatic heterocycles. The van der Waals surface area contributed by atoms with E-state index in [9.17, 15) is 9.59 Å². The van der Waals surface area contributed by atoms with Gasteiger partial charge >= 0.3 is 5.97 Å². The number of rotatable bonds is 3. The van der Waals surface area contributed by atoms with Gasteiger partial charge in [0.15, 0.2) is 0 Å². The number of amides is 1. The summed E-state index contributed by atoms with van der Waals surface area (Å²) < 4.78 is 0. The second-order valence-corrected chi connectivity index (χ2v) is 3.48. The summed E-state index contributed by atoms with van der Waals surface area (Å²) in [5.41, 5.74) is 0.217. The Balaban J connectivity index is 0. The van der Waals surface area contributed by atoms with Crippen molar-refractivity contribution in [2.45, 2.75) is 33.7 Å². The van der Waals surface area contributed by atoms with E-state index >= 15 is 0 Å². The first kappa shape index (κ1) is 15.2. The minimum Gasteiger partial charge on any atom is -0.478 e. The first-order valence-electron chi connectivity index (χ1n) is 5.65. The highest BCUT2D eigenvalue weighted by Gasteiger charge is 2.15. The van der Waals surface area contributed by atoms with Crippen molar-refractivity contribution in [2.24, 2.45) is 0 Å². The van der Waals surface area contributed by atoms with Gasteiger partial charge in [-0.05, 0) is 26.0 Å². The van der Waals surface area contributed by atoms with E-state index in [2.05, 4.69) is 5.32 Å². The normalized spacial score (nSPS) is 9.24. The number of hydrogen-bond acceptors (Lipinski definition) is 2. The Kier molecular flexibility index (Phi) is 6.63. The fraction of sp³-hybridized carbons (Fsp3) is 0.385. The van der Waals surface area contributed by atoms with Gasteiger partial charge in [-0.1, -0.05) is 26.0 Å². The van der Waals surface area contributed by atoms with Gasteiger partial charge in [-0.15, -0.1) is 0 Å². The van der Waals surface area contributed by atoms with E-state index in [4.69, 9.17) is 5.11 Å². The first-order valence-corrected chi connectivity index (χ1v) is 5.65. The summed E-state index contributed by atoms with van der Waals surface area (Å²) in [6.07, 6.45) is 0. The maximum atomic E-state index is 11.6. The van der Waals surface area contributed by atoms with Gasteiger partial charge in [0.05, 0.1) is 11.1 Å². The molecule has 1 rings (SSSR count). The molecule has 0 atom stereocenters. The largest absolute Gasteiger partial charge is 0.478 e. The average Bonchev–Trinajstić information content (AvgIpc) is 2.30. The Bertz CT molecular complexity index is 392. The molecule has 0 spiro atoms. The van der Waals surface area contributed by atoms with Crippen LogP contribution in [0.1, 0.15) is 49.8 Å². The summed E-state index contributed by atoms with van der Waals surface area (Å²) in [7, 11) is 0. The van der Waals surface area contributed by atoms with Crippen molar-refractivity contribution in [3.63, 3.8) is 0 Å². The van der Waals surface area contributed by atoms with Crippen LogP contribution in [0, 0.1) is 0 Å². The predicted octanol–water partition coefficient (Wildman–Crippen LogP) is 2.80. The van der Waals surface area contributed by atoms with E-state index in [0.717, 1.165) is 0 Å². The molecule has 4 nitrogen and oxygen atoms in total. The van der Waals surface area contributed by atoms with Crippen LogP contribution < -0.4 is 5.32 Å². The Morgan fingerprint density at radius 1 is 1.18 bits per heavy atom. The molecule has 1 amide bonds. The first-order chi connectivity index (χ1) is 8.02. The number of carbonyl (C=O) groups is 2. The Hall–Kier alpha value is -1.84. The summed E-state index contributed by atoms with van der Waals surface area (Å²) in [5, 5.41) is 11.5. The van der Waals surface area contributed by atoms with Crippen LogP contribution >= 0.6 is 0 Å². The van der Waals surface area contributed by atoms with Crippen LogP contribution in [0.4, 0.5) is 0 Å². The van der Waals surface area contributed by atoms with Crippen LogP contribution in [0.15, 0.2) is 24.3 Å². The molecule has 0 heterocycles. The van der Waals surface area contributed by atoms with Crippen molar-refractivity contribution in [2.75, 3.05) is 0 Å². The molecule has 0 unspecified atom stereocenters. The summed E-state index contributed by atoms with van der Waals surface area (Å²) in [5.74, 6) is -1.45. The van der Waals surface area contributed by atoms with Crippen LogP contribution in [0.3, 0.4) is 0 Å².